The quantitative estimate of drug-likeness (QED) is 0.678. The van der Waals surface area contributed by atoms with E-state index in [0.717, 1.165) is 0 Å². The van der Waals surface area contributed by atoms with Crippen molar-refractivity contribution >= 4 is 43.8 Å². The molecule has 7 heteroatoms. The Balaban J connectivity index is 2.59. The maximum Gasteiger partial charge on any atom is 0.340 e. The van der Waals surface area contributed by atoms with Crippen molar-refractivity contribution in [3.8, 4) is 11.5 Å². The number of benzene rings is 2. The van der Waals surface area contributed by atoms with Gasteiger partial charge in [0.1, 0.15) is 28.2 Å². The van der Waals surface area contributed by atoms with Crippen LogP contribution in [0.1, 0.15) is 10.4 Å². The van der Waals surface area contributed by atoms with Gasteiger partial charge in [0.25, 0.3) is 0 Å². The summed E-state index contributed by atoms with van der Waals surface area (Å²) in [4.78, 5) is 24.0. The van der Waals surface area contributed by atoms with Crippen molar-refractivity contribution in [3.63, 3.8) is 0 Å². The van der Waals surface area contributed by atoms with Crippen LogP contribution in [0.25, 0.3) is 21.9 Å². The zero-order valence-electron chi connectivity index (χ0n) is 11.2. The lowest BCUT2D eigenvalue weighted by molar-refractivity contribution is 0.0696. The molecule has 0 spiro atoms. The number of carboxylic acids is 1. The third kappa shape index (κ3) is 2.01. The molecule has 112 valence electrons. The summed E-state index contributed by atoms with van der Waals surface area (Å²) in [7, 11) is 1.48. The molecule has 1 heterocycles. The molecule has 0 unspecified atom stereocenters. The van der Waals surface area contributed by atoms with Gasteiger partial charge >= 0.3 is 5.97 Å². The number of fused-ring (bicyclic) bond motifs is 2. The van der Waals surface area contributed by atoms with Crippen molar-refractivity contribution in [3.05, 3.63) is 44.5 Å². The number of halogens is 1. The standard InChI is InChI=1S/C15H9BrO6/c1-21-6-4-7(16)11-10(5-6)22-9-3-2-8(17)12(15(19)20)13(9)14(11)18/h2-5,17H,1H3,(H,19,20). The van der Waals surface area contributed by atoms with E-state index >= 15 is 0 Å². The highest BCUT2D eigenvalue weighted by molar-refractivity contribution is 9.10. The summed E-state index contributed by atoms with van der Waals surface area (Å²) < 4.78 is 11.1. The van der Waals surface area contributed by atoms with Gasteiger partial charge in [0.05, 0.1) is 17.9 Å². The minimum absolute atomic E-state index is 0.0767. The predicted molar refractivity (Wildman–Crippen MR) is 82.9 cm³/mol. The molecule has 2 N–H and O–H groups in total. The topological polar surface area (TPSA) is 97.0 Å². The third-order valence-electron chi connectivity index (χ3n) is 3.30. The zero-order chi connectivity index (χ0) is 16.0. The van der Waals surface area contributed by atoms with Crippen LogP contribution in [-0.4, -0.2) is 23.3 Å². The van der Waals surface area contributed by atoms with Crippen LogP contribution in [0, 0.1) is 0 Å². The van der Waals surface area contributed by atoms with Crippen molar-refractivity contribution in [1.82, 2.24) is 0 Å². The molecule has 3 aromatic rings. The number of hydrogen-bond donors (Lipinski definition) is 2. The molecule has 0 aliphatic heterocycles. The van der Waals surface area contributed by atoms with Gasteiger partial charge in [0.15, 0.2) is 0 Å². The summed E-state index contributed by atoms with van der Waals surface area (Å²) in [5, 5.41) is 19.0. The summed E-state index contributed by atoms with van der Waals surface area (Å²) in [6.45, 7) is 0. The lowest BCUT2D eigenvalue weighted by atomic mass is 10.1. The van der Waals surface area contributed by atoms with Crippen LogP contribution in [0.2, 0.25) is 0 Å². The molecule has 0 atom stereocenters. The van der Waals surface area contributed by atoms with Gasteiger partial charge in [0.2, 0.25) is 5.43 Å². The highest BCUT2D eigenvalue weighted by Gasteiger charge is 2.21. The van der Waals surface area contributed by atoms with E-state index in [-0.39, 0.29) is 21.9 Å². The fraction of sp³-hybridized carbons (Fsp3) is 0.0667. The summed E-state index contributed by atoms with van der Waals surface area (Å²) in [5.41, 5.74) is -0.687. The van der Waals surface area contributed by atoms with E-state index in [1.807, 2.05) is 0 Å². The molecule has 1 aromatic heterocycles. The highest BCUT2D eigenvalue weighted by Crippen LogP contribution is 2.32. The van der Waals surface area contributed by atoms with E-state index in [2.05, 4.69) is 15.9 Å². The second-order valence-electron chi connectivity index (χ2n) is 4.55. The first kappa shape index (κ1) is 14.4. The summed E-state index contributed by atoms with van der Waals surface area (Å²) in [6, 6.07) is 5.64. The van der Waals surface area contributed by atoms with E-state index in [1.165, 1.54) is 25.3 Å². The average molecular weight is 365 g/mol. The van der Waals surface area contributed by atoms with E-state index < -0.39 is 22.7 Å². The van der Waals surface area contributed by atoms with Gasteiger partial charge in [-0.1, -0.05) is 0 Å². The Morgan fingerprint density at radius 3 is 2.59 bits per heavy atom. The third-order valence-corrected chi connectivity index (χ3v) is 3.92. The largest absolute Gasteiger partial charge is 0.507 e. The van der Waals surface area contributed by atoms with E-state index in [9.17, 15) is 19.8 Å². The number of carboxylic acid groups (broad SMARTS) is 1. The van der Waals surface area contributed by atoms with Crippen LogP contribution in [0.15, 0.2) is 37.9 Å². The first-order valence-electron chi connectivity index (χ1n) is 6.13. The van der Waals surface area contributed by atoms with Crippen LogP contribution in [0.5, 0.6) is 11.5 Å². The normalized spacial score (nSPS) is 11.0. The first-order chi connectivity index (χ1) is 10.4. The highest BCUT2D eigenvalue weighted by atomic mass is 79.9. The van der Waals surface area contributed by atoms with Gasteiger partial charge < -0.3 is 19.4 Å². The Morgan fingerprint density at radius 2 is 1.95 bits per heavy atom. The maximum absolute atomic E-state index is 12.7. The van der Waals surface area contributed by atoms with Crippen LogP contribution < -0.4 is 10.2 Å². The number of aromatic hydroxyl groups is 1. The average Bonchev–Trinajstić information content (AvgIpc) is 2.46. The summed E-state index contributed by atoms with van der Waals surface area (Å²) in [5.74, 6) is -1.41. The second-order valence-corrected chi connectivity index (χ2v) is 5.41. The lowest BCUT2D eigenvalue weighted by Gasteiger charge is -2.08. The number of carbonyl (C=O) groups is 1. The lowest BCUT2D eigenvalue weighted by Crippen LogP contribution is -2.09. The smallest absolute Gasteiger partial charge is 0.340 e. The second kappa shape index (κ2) is 5.03. The number of ether oxygens (including phenoxy) is 1. The Hall–Kier alpha value is -2.54. The van der Waals surface area contributed by atoms with Crippen molar-refractivity contribution in [2.45, 2.75) is 0 Å². The van der Waals surface area contributed by atoms with Crippen LogP contribution in [0.3, 0.4) is 0 Å². The SMILES string of the molecule is COc1cc(Br)c2c(=O)c3c(C(=O)O)c(O)ccc3oc2c1. The molecule has 0 amide bonds. The Morgan fingerprint density at radius 1 is 1.23 bits per heavy atom. The molecule has 2 aromatic carbocycles. The number of methoxy groups -OCH3 is 1. The molecular weight excluding hydrogens is 356 g/mol. The molecular formula is C15H9BrO6. The van der Waals surface area contributed by atoms with E-state index in [0.29, 0.717) is 10.2 Å². The van der Waals surface area contributed by atoms with Crippen molar-refractivity contribution in [1.29, 1.82) is 0 Å². The van der Waals surface area contributed by atoms with Gasteiger partial charge in [-0.05, 0) is 34.1 Å². The van der Waals surface area contributed by atoms with Crippen molar-refractivity contribution < 1.29 is 24.2 Å². The Bertz CT molecular complexity index is 989. The van der Waals surface area contributed by atoms with Gasteiger partial charge in [0, 0.05) is 10.5 Å². The van der Waals surface area contributed by atoms with E-state index in [4.69, 9.17) is 9.15 Å². The predicted octanol–water partition coefficient (Wildman–Crippen LogP) is 3.12. The minimum Gasteiger partial charge on any atom is -0.507 e. The molecule has 0 aliphatic carbocycles. The number of hydrogen-bond acceptors (Lipinski definition) is 5. The van der Waals surface area contributed by atoms with Gasteiger partial charge in [-0.2, -0.15) is 0 Å². The minimum atomic E-state index is -1.40. The first-order valence-corrected chi connectivity index (χ1v) is 6.92. The zero-order valence-corrected chi connectivity index (χ0v) is 12.8. The molecule has 0 radical (unpaired) electrons. The number of phenols is 1. The Labute approximate surface area is 131 Å². The molecule has 3 rings (SSSR count). The van der Waals surface area contributed by atoms with E-state index in [1.54, 1.807) is 6.07 Å². The Kier molecular flexibility index (Phi) is 3.29. The van der Waals surface area contributed by atoms with Crippen molar-refractivity contribution in [2.24, 2.45) is 0 Å². The molecule has 0 saturated heterocycles. The number of aromatic carboxylic acids is 1. The fourth-order valence-corrected chi connectivity index (χ4v) is 2.92. The molecule has 0 saturated carbocycles. The van der Waals surface area contributed by atoms with Crippen LogP contribution in [0.4, 0.5) is 0 Å². The molecule has 6 nitrogen and oxygen atoms in total. The molecule has 0 bridgehead atoms. The van der Waals surface area contributed by atoms with Gasteiger partial charge in [-0.3, -0.25) is 4.79 Å². The van der Waals surface area contributed by atoms with Crippen molar-refractivity contribution in [2.75, 3.05) is 7.11 Å². The van der Waals surface area contributed by atoms with Crippen LogP contribution >= 0.6 is 15.9 Å². The van der Waals surface area contributed by atoms with Gasteiger partial charge in [-0.25, -0.2) is 4.79 Å². The van der Waals surface area contributed by atoms with Crippen LogP contribution in [-0.2, 0) is 0 Å². The fourth-order valence-electron chi connectivity index (χ4n) is 2.32. The van der Waals surface area contributed by atoms with Gasteiger partial charge in [-0.15, -0.1) is 0 Å². The summed E-state index contributed by atoms with van der Waals surface area (Å²) in [6.07, 6.45) is 0. The number of rotatable bonds is 2. The molecule has 22 heavy (non-hydrogen) atoms. The maximum atomic E-state index is 12.7. The summed E-state index contributed by atoms with van der Waals surface area (Å²) >= 11 is 3.26. The monoisotopic (exact) mass is 364 g/mol. The molecule has 0 fully saturated rings. The molecule has 0 aliphatic rings.